The average molecular weight is 365 g/mol. The maximum absolute atomic E-state index is 4.51. The molecule has 1 saturated heterocycles. The number of halogens is 1. The highest BCUT2D eigenvalue weighted by molar-refractivity contribution is 7.09. The van der Waals surface area contributed by atoms with Crippen molar-refractivity contribution in [1.29, 1.82) is 0 Å². The van der Waals surface area contributed by atoms with Gasteiger partial charge in [-0.25, -0.2) is 4.98 Å². The molecule has 0 bridgehead atoms. The highest BCUT2D eigenvalue weighted by Gasteiger charge is 2.56. The van der Waals surface area contributed by atoms with E-state index in [2.05, 4.69) is 38.6 Å². The van der Waals surface area contributed by atoms with Crippen LogP contribution in [0.15, 0.2) is 30.0 Å². The zero-order valence-electron chi connectivity index (χ0n) is 14.1. The van der Waals surface area contributed by atoms with Gasteiger partial charge in [0, 0.05) is 36.6 Å². The SMILES string of the molecule is Cc1ccncc1CN(Cc1nccs1)C1CC12CCNCC2.Cl. The molecule has 1 saturated carbocycles. The minimum Gasteiger partial charge on any atom is -0.317 e. The lowest BCUT2D eigenvalue weighted by atomic mass is 9.93. The van der Waals surface area contributed by atoms with Gasteiger partial charge in [-0.15, -0.1) is 23.7 Å². The van der Waals surface area contributed by atoms with Crippen molar-refractivity contribution in [3.05, 3.63) is 46.2 Å². The van der Waals surface area contributed by atoms with Crippen LogP contribution >= 0.6 is 23.7 Å². The smallest absolute Gasteiger partial charge is 0.107 e. The molecule has 1 spiro atoms. The predicted molar refractivity (Wildman–Crippen MR) is 101 cm³/mol. The third kappa shape index (κ3) is 3.64. The highest BCUT2D eigenvalue weighted by Crippen LogP contribution is 2.56. The Kier molecular flexibility index (Phi) is 5.55. The summed E-state index contributed by atoms with van der Waals surface area (Å²) in [6.45, 7) is 6.48. The number of hydrogen-bond acceptors (Lipinski definition) is 5. The number of rotatable bonds is 5. The Balaban J connectivity index is 0.00000169. The first-order valence-corrected chi connectivity index (χ1v) is 9.37. The van der Waals surface area contributed by atoms with Crippen molar-refractivity contribution in [3.8, 4) is 0 Å². The molecule has 1 aliphatic carbocycles. The average Bonchev–Trinajstić information content (AvgIpc) is 3.01. The van der Waals surface area contributed by atoms with Crippen molar-refractivity contribution in [3.63, 3.8) is 0 Å². The number of hydrogen-bond donors (Lipinski definition) is 1. The van der Waals surface area contributed by atoms with Gasteiger partial charge in [-0.05, 0) is 61.9 Å². The number of pyridine rings is 1. The summed E-state index contributed by atoms with van der Waals surface area (Å²) in [5.41, 5.74) is 3.24. The van der Waals surface area contributed by atoms with Gasteiger partial charge in [0.2, 0.25) is 0 Å². The molecule has 4 nitrogen and oxygen atoms in total. The zero-order valence-corrected chi connectivity index (χ0v) is 15.7. The molecular formula is C18H25ClN4S. The molecule has 2 fully saturated rings. The van der Waals surface area contributed by atoms with Crippen molar-refractivity contribution < 1.29 is 0 Å². The van der Waals surface area contributed by atoms with Gasteiger partial charge in [0.05, 0.1) is 6.54 Å². The topological polar surface area (TPSA) is 41.1 Å². The summed E-state index contributed by atoms with van der Waals surface area (Å²) in [5, 5.41) is 6.81. The molecule has 4 rings (SSSR count). The van der Waals surface area contributed by atoms with Crippen LogP contribution in [0, 0.1) is 12.3 Å². The normalized spacial score (nSPS) is 21.7. The molecule has 2 aromatic rings. The maximum atomic E-state index is 4.51. The van der Waals surface area contributed by atoms with Crippen LogP contribution in [0.2, 0.25) is 0 Å². The van der Waals surface area contributed by atoms with Crippen molar-refractivity contribution in [2.75, 3.05) is 13.1 Å². The molecule has 1 atom stereocenters. The second-order valence-electron chi connectivity index (χ2n) is 6.97. The first-order chi connectivity index (χ1) is 11.3. The van der Waals surface area contributed by atoms with E-state index in [1.165, 1.54) is 48.5 Å². The molecule has 24 heavy (non-hydrogen) atoms. The lowest BCUT2D eigenvalue weighted by molar-refractivity contribution is 0.187. The summed E-state index contributed by atoms with van der Waals surface area (Å²) >= 11 is 1.77. The summed E-state index contributed by atoms with van der Waals surface area (Å²) in [5.74, 6) is 0. The molecule has 6 heteroatoms. The third-order valence-electron chi connectivity index (χ3n) is 5.53. The van der Waals surface area contributed by atoms with Gasteiger partial charge < -0.3 is 5.32 Å². The fourth-order valence-corrected chi connectivity index (χ4v) is 4.61. The van der Waals surface area contributed by atoms with Gasteiger partial charge in [-0.1, -0.05) is 0 Å². The van der Waals surface area contributed by atoms with Crippen molar-refractivity contribution >= 4 is 23.7 Å². The molecule has 0 amide bonds. The number of piperidine rings is 1. The van der Waals surface area contributed by atoms with E-state index in [1.807, 2.05) is 18.6 Å². The Labute approximate surface area is 154 Å². The molecule has 1 N–H and O–H groups in total. The molecule has 2 aromatic heterocycles. The molecule has 0 radical (unpaired) electrons. The highest BCUT2D eigenvalue weighted by atomic mass is 35.5. The lowest BCUT2D eigenvalue weighted by Crippen LogP contribution is -2.35. The molecule has 0 aromatic carbocycles. The van der Waals surface area contributed by atoms with Crippen LogP contribution in [-0.4, -0.2) is 34.0 Å². The molecular weight excluding hydrogens is 340 g/mol. The van der Waals surface area contributed by atoms with E-state index < -0.39 is 0 Å². The second kappa shape index (κ2) is 7.48. The minimum absolute atomic E-state index is 0. The minimum atomic E-state index is 0. The standard InChI is InChI=1S/C18H24N4S.ClH/c1-14-2-5-20-11-15(14)12-22(13-17-21-8-9-23-17)16-10-18(16)3-6-19-7-4-18;/h2,5,8-9,11,16,19H,3-4,6-7,10,12-13H2,1H3;1H. The maximum Gasteiger partial charge on any atom is 0.107 e. The Hall–Kier alpha value is -1.01. The van der Waals surface area contributed by atoms with Gasteiger partial charge in [0.1, 0.15) is 5.01 Å². The fourth-order valence-electron chi connectivity index (χ4n) is 3.97. The number of thiazole rings is 1. The summed E-state index contributed by atoms with van der Waals surface area (Å²) < 4.78 is 0. The summed E-state index contributed by atoms with van der Waals surface area (Å²) in [4.78, 5) is 11.5. The van der Waals surface area contributed by atoms with Gasteiger partial charge in [0.15, 0.2) is 0 Å². The van der Waals surface area contributed by atoms with E-state index in [1.54, 1.807) is 11.3 Å². The van der Waals surface area contributed by atoms with Crippen LogP contribution in [0.3, 0.4) is 0 Å². The Morgan fingerprint density at radius 3 is 2.83 bits per heavy atom. The predicted octanol–water partition coefficient (Wildman–Crippen LogP) is 3.41. The van der Waals surface area contributed by atoms with E-state index in [4.69, 9.17) is 0 Å². The van der Waals surface area contributed by atoms with E-state index in [9.17, 15) is 0 Å². The fraction of sp³-hybridized carbons (Fsp3) is 0.556. The van der Waals surface area contributed by atoms with E-state index >= 15 is 0 Å². The van der Waals surface area contributed by atoms with Crippen LogP contribution in [0.25, 0.3) is 0 Å². The summed E-state index contributed by atoms with van der Waals surface area (Å²) in [6, 6.07) is 2.82. The van der Waals surface area contributed by atoms with E-state index in [0.29, 0.717) is 11.5 Å². The first kappa shape index (κ1) is 17.8. The van der Waals surface area contributed by atoms with Crippen LogP contribution in [0.1, 0.15) is 35.4 Å². The van der Waals surface area contributed by atoms with Crippen molar-refractivity contribution in [2.24, 2.45) is 5.41 Å². The summed E-state index contributed by atoms with van der Waals surface area (Å²) in [6.07, 6.45) is 9.81. The van der Waals surface area contributed by atoms with Crippen molar-refractivity contribution in [1.82, 2.24) is 20.2 Å². The molecule has 2 aliphatic rings. The van der Waals surface area contributed by atoms with Crippen molar-refractivity contribution in [2.45, 2.75) is 45.3 Å². The largest absolute Gasteiger partial charge is 0.317 e. The van der Waals surface area contributed by atoms with Gasteiger partial charge >= 0.3 is 0 Å². The van der Waals surface area contributed by atoms with E-state index in [0.717, 1.165) is 13.1 Å². The summed E-state index contributed by atoms with van der Waals surface area (Å²) in [7, 11) is 0. The second-order valence-corrected chi connectivity index (χ2v) is 7.94. The quantitative estimate of drug-likeness (QED) is 0.882. The number of nitrogens with one attached hydrogen (secondary N) is 1. The zero-order chi connectivity index (χ0) is 15.7. The van der Waals surface area contributed by atoms with Crippen LogP contribution < -0.4 is 5.32 Å². The molecule has 3 heterocycles. The van der Waals surface area contributed by atoms with Gasteiger partial charge in [-0.2, -0.15) is 0 Å². The number of aromatic nitrogens is 2. The number of nitrogens with zero attached hydrogens (tertiary/aromatic N) is 3. The third-order valence-corrected chi connectivity index (χ3v) is 6.29. The Bertz CT molecular complexity index is 655. The first-order valence-electron chi connectivity index (χ1n) is 8.49. The lowest BCUT2D eigenvalue weighted by Gasteiger charge is -2.29. The molecule has 130 valence electrons. The molecule has 1 aliphatic heterocycles. The monoisotopic (exact) mass is 364 g/mol. The van der Waals surface area contributed by atoms with Crippen LogP contribution in [0.5, 0.6) is 0 Å². The van der Waals surface area contributed by atoms with Gasteiger partial charge in [0.25, 0.3) is 0 Å². The van der Waals surface area contributed by atoms with Crippen LogP contribution in [-0.2, 0) is 13.1 Å². The molecule has 1 unspecified atom stereocenters. The van der Waals surface area contributed by atoms with E-state index in [-0.39, 0.29) is 12.4 Å². The number of aryl methyl sites for hydroxylation is 1. The Morgan fingerprint density at radius 2 is 2.12 bits per heavy atom. The Morgan fingerprint density at radius 1 is 1.29 bits per heavy atom. The van der Waals surface area contributed by atoms with Crippen LogP contribution in [0.4, 0.5) is 0 Å². The van der Waals surface area contributed by atoms with Gasteiger partial charge in [-0.3, -0.25) is 9.88 Å².